The molecule has 5 nitrogen and oxygen atoms in total. The number of benzene rings is 2. The van der Waals surface area contributed by atoms with Gasteiger partial charge in [0.25, 0.3) is 0 Å². The Hall–Kier alpha value is -1.96. The summed E-state index contributed by atoms with van der Waals surface area (Å²) in [5, 5.41) is 6.71. The van der Waals surface area contributed by atoms with Gasteiger partial charge in [0.2, 0.25) is 0 Å². The van der Waals surface area contributed by atoms with Crippen LogP contribution in [0.25, 0.3) is 0 Å². The summed E-state index contributed by atoms with van der Waals surface area (Å²) < 4.78 is 10.6. The van der Waals surface area contributed by atoms with Gasteiger partial charge in [0.15, 0.2) is 5.96 Å². The second-order valence-electron chi connectivity index (χ2n) is 6.09. The molecule has 0 aliphatic heterocycles. The van der Waals surface area contributed by atoms with Crippen molar-refractivity contribution in [3.63, 3.8) is 0 Å². The number of nitrogens with zero attached hydrogens (tertiary/aromatic N) is 1. The molecular formula is C21H30IN3O2. The van der Waals surface area contributed by atoms with Crippen molar-refractivity contribution in [2.45, 2.75) is 19.8 Å². The number of rotatable bonds is 8. The fourth-order valence-corrected chi connectivity index (χ4v) is 2.76. The van der Waals surface area contributed by atoms with Crippen molar-refractivity contribution in [3.8, 4) is 11.5 Å². The van der Waals surface area contributed by atoms with E-state index in [1.807, 2.05) is 18.2 Å². The van der Waals surface area contributed by atoms with Gasteiger partial charge in [0, 0.05) is 20.1 Å². The van der Waals surface area contributed by atoms with Gasteiger partial charge in [-0.2, -0.15) is 0 Å². The van der Waals surface area contributed by atoms with Gasteiger partial charge in [-0.25, -0.2) is 0 Å². The third kappa shape index (κ3) is 7.66. The van der Waals surface area contributed by atoms with Gasteiger partial charge in [0.1, 0.15) is 11.5 Å². The summed E-state index contributed by atoms with van der Waals surface area (Å²) in [5.74, 6) is 2.62. The Labute approximate surface area is 179 Å². The van der Waals surface area contributed by atoms with Gasteiger partial charge in [-0.05, 0) is 49.1 Å². The lowest BCUT2D eigenvalue weighted by molar-refractivity contribution is 0.409. The van der Waals surface area contributed by atoms with Crippen molar-refractivity contribution in [1.29, 1.82) is 0 Å². The molecule has 2 rings (SSSR count). The van der Waals surface area contributed by atoms with Crippen molar-refractivity contribution in [2.75, 3.05) is 34.4 Å². The van der Waals surface area contributed by atoms with E-state index in [2.05, 4.69) is 46.8 Å². The first-order valence-corrected chi connectivity index (χ1v) is 8.87. The van der Waals surface area contributed by atoms with Crippen LogP contribution >= 0.6 is 24.0 Å². The first-order valence-electron chi connectivity index (χ1n) is 8.87. The third-order valence-corrected chi connectivity index (χ3v) is 4.21. The molecule has 0 spiro atoms. The van der Waals surface area contributed by atoms with Crippen LogP contribution in [0.3, 0.4) is 0 Å². The zero-order chi connectivity index (χ0) is 18.8. The molecule has 2 N–H and O–H groups in total. The van der Waals surface area contributed by atoms with E-state index in [1.165, 1.54) is 16.7 Å². The van der Waals surface area contributed by atoms with E-state index in [9.17, 15) is 0 Å². The van der Waals surface area contributed by atoms with Crippen LogP contribution < -0.4 is 20.1 Å². The average Bonchev–Trinajstić information content (AvgIpc) is 2.67. The Bertz CT molecular complexity index is 718. The average molecular weight is 483 g/mol. The van der Waals surface area contributed by atoms with Crippen LogP contribution in [0.1, 0.15) is 16.7 Å². The molecule has 2 aromatic rings. The lowest BCUT2D eigenvalue weighted by Gasteiger charge is -2.13. The second kappa shape index (κ2) is 12.4. The number of aryl methyl sites for hydroxylation is 1. The molecule has 0 radical (unpaired) electrons. The molecule has 2 aromatic carbocycles. The normalized spacial score (nSPS) is 10.7. The minimum Gasteiger partial charge on any atom is -0.497 e. The highest BCUT2D eigenvalue weighted by atomic mass is 127. The summed E-state index contributed by atoms with van der Waals surface area (Å²) in [7, 11) is 5.18. The molecule has 148 valence electrons. The largest absolute Gasteiger partial charge is 0.497 e. The number of nitrogens with one attached hydrogen (secondary N) is 2. The topological polar surface area (TPSA) is 54.9 Å². The zero-order valence-corrected chi connectivity index (χ0v) is 18.9. The first kappa shape index (κ1) is 23.1. The van der Waals surface area contributed by atoms with E-state index in [0.717, 1.165) is 43.4 Å². The molecule has 0 atom stereocenters. The maximum atomic E-state index is 5.43. The van der Waals surface area contributed by atoms with Gasteiger partial charge >= 0.3 is 0 Å². The van der Waals surface area contributed by atoms with Crippen molar-refractivity contribution in [1.82, 2.24) is 10.6 Å². The summed E-state index contributed by atoms with van der Waals surface area (Å²) in [5.41, 5.74) is 3.70. The van der Waals surface area contributed by atoms with Crippen LogP contribution in [0.4, 0.5) is 0 Å². The lowest BCUT2D eigenvalue weighted by atomic mass is 10.1. The molecule has 0 heterocycles. The highest BCUT2D eigenvalue weighted by molar-refractivity contribution is 14.0. The molecule has 0 saturated heterocycles. The van der Waals surface area contributed by atoms with Crippen LogP contribution in [0.15, 0.2) is 47.5 Å². The smallest absolute Gasteiger partial charge is 0.190 e. The Kier molecular flexibility index (Phi) is 10.6. The molecular weight excluding hydrogens is 453 g/mol. The van der Waals surface area contributed by atoms with Crippen molar-refractivity contribution < 1.29 is 9.47 Å². The minimum absolute atomic E-state index is 0. The first-order chi connectivity index (χ1) is 12.7. The summed E-state index contributed by atoms with van der Waals surface area (Å²) >= 11 is 0. The predicted molar refractivity (Wildman–Crippen MR) is 123 cm³/mol. The Morgan fingerprint density at radius 2 is 1.59 bits per heavy atom. The summed E-state index contributed by atoms with van der Waals surface area (Å²) in [6.07, 6.45) is 1.81. The van der Waals surface area contributed by atoms with Crippen LogP contribution in [-0.2, 0) is 12.8 Å². The molecule has 6 heteroatoms. The van der Waals surface area contributed by atoms with Crippen molar-refractivity contribution in [2.24, 2.45) is 4.99 Å². The van der Waals surface area contributed by atoms with Crippen molar-refractivity contribution >= 4 is 29.9 Å². The number of halogens is 1. The SMILES string of the molecule is CN=C(NCCc1ccc(OC)cc1)NCCc1cc(C)ccc1OC.I. The number of aliphatic imine (C=N–C) groups is 1. The number of hydrogen-bond donors (Lipinski definition) is 2. The highest BCUT2D eigenvalue weighted by Crippen LogP contribution is 2.19. The van der Waals surface area contributed by atoms with E-state index in [1.54, 1.807) is 21.3 Å². The minimum atomic E-state index is 0. The summed E-state index contributed by atoms with van der Waals surface area (Å²) in [6.45, 7) is 3.71. The van der Waals surface area contributed by atoms with Crippen LogP contribution in [0, 0.1) is 6.92 Å². The number of guanidine groups is 1. The molecule has 0 aromatic heterocycles. The standard InChI is InChI=1S/C21H29N3O2.HI/c1-16-5-10-20(26-4)18(15-16)12-14-24-21(22-2)23-13-11-17-6-8-19(25-3)9-7-17;/h5-10,15H,11-14H2,1-4H3,(H2,22,23,24);1H. The van der Waals surface area contributed by atoms with Gasteiger partial charge < -0.3 is 20.1 Å². The number of ether oxygens (including phenoxy) is 2. The van der Waals surface area contributed by atoms with Crippen molar-refractivity contribution in [3.05, 3.63) is 59.2 Å². The number of methoxy groups -OCH3 is 2. The zero-order valence-electron chi connectivity index (χ0n) is 16.5. The second-order valence-corrected chi connectivity index (χ2v) is 6.09. The van der Waals surface area contributed by atoms with E-state index < -0.39 is 0 Å². The van der Waals surface area contributed by atoms with E-state index >= 15 is 0 Å². The fourth-order valence-electron chi connectivity index (χ4n) is 2.76. The quantitative estimate of drug-likeness (QED) is 0.343. The summed E-state index contributed by atoms with van der Waals surface area (Å²) in [6, 6.07) is 14.4. The fraction of sp³-hybridized carbons (Fsp3) is 0.381. The van der Waals surface area contributed by atoms with Gasteiger partial charge in [-0.3, -0.25) is 4.99 Å². The molecule has 0 aliphatic carbocycles. The molecule has 0 bridgehead atoms. The molecule has 0 fully saturated rings. The third-order valence-electron chi connectivity index (χ3n) is 4.21. The molecule has 0 amide bonds. The van der Waals surface area contributed by atoms with E-state index in [4.69, 9.17) is 9.47 Å². The van der Waals surface area contributed by atoms with Gasteiger partial charge in [-0.1, -0.05) is 29.8 Å². The molecule has 27 heavy (non-hydrogen) atoms. The Balaban J connectivity index is 0.00000364. The van der Waals surface area contributed by atoms with Gasteiger partial charge in [0.05, 0.1) is 14.2 Å². The van der Waals surface area contributed by atoms with Crippen LogP contribution in [-0.4, -0.2) is 40.3 Å². The van der Waals surface area contributed by atoms with E-state index in [-0.39, 0.29) is 24.0 Å². The lowest BCUT2D eigenvalue weighted by Crippen LogP contribution is -2.39. The monoisotopic (exact) mass is 483 g/mol. The maximum Gasteiger partial charge on any atom is 0.190 e. The van der Waals surface area contributed by atoms with Crippen LogP contribution in [0.5, 0.6) is 11.5 Å². The van der Waals surface area contributed by atoms with Crippen LogP contribution in [0.2, 0.25) is 0 Å². The van der Waals surface area contributed by atoms with E-state index in [0.29, 0.717) is 0 Å². The van der Waals surface area contributed by atoms with Gasteiger partial charge in [-0.15, -0.1) is 24.0 Å². The molecule has 0 unspecified atom stereocenters. The highest BCUT2D eigenvalue weighted by Gasteiger charge is 2.04. The predicted octanol–water partition coefficient (Wildman–Crippen LogP) is 3.58. The maximum absolute atomic E-state index is 5.43. The Morgan fingerprint density at radius 3 is 2.19 bits per heavy atom. The molecule has 0 aliphatic rings. The number of hydrogen-bond acceptors (Lipinski definition) is 3. The molecule has 0 saturated carbocycles. The Morgan fingerprint density at radius 1 is 0.926 bits per heavy atom. The summed E-state index contributed by atoms with van der Waals surface area (Å²) in [4.78, 5) is 4.28.